The van der Waals surface area contributed by atoms with Crippen molar-refractivity contribution in [3.05, 3.63) is 133 Å². The zero-order valence-electron chi connectivity index (χ0n) is 21.0. The van der Waals surface area contributed by atoms with Crippen molar-refractivity contribution >= 4 is 44.1 Å². The predicted molar refractivity (Wildman–Crippen MR) is 164 cm³/mol. The van der Waals surface area contributed by atoms with Crippen LogP contribution in [0.15, 0.2) is 137 Å². The van der Waals surface area contributed by atoms with Gasteiger partial charge in [-0.25, -0.2) is 0 Å². The van der Waals surface area contributed by atoms with Crippen LogP contribution in [0.2, 0.25) is 0 Å². The molecule has 1 heterocycles. The standard InChI is InChI=1S/C37H24S/c1-23-16-18-25(19-17-23)35-29-10-2-4-12-31(29)36(32-13-5-3-11-30(32)35)26-20-21-27-28-14-6-8-24-9-7-15-33(37(24)28)38-34(27)22-26/h2-22H,1H3. The Kier molecular flexibility index (Phi) is 4.77. The van der Waals surface area contributed by atoms with Crippen molar-refractivity contribution in [2.75, 3.05) is 0 Å². The zero-order chi connectivity index (χ0) is 25.2. The summed E-state index contributed by atoms with van der Waals surface area (Å²) in [5, 5.41) is 7.87. The highest BCUT2D eigenvalue weighted by molar-refractivity contribution is 7.99. The SMILES string of the molecule is Cc1ccc(-c2c3ccccc3c(-c3ccc4c(c3)Sc3cccc5cccc-4c35)c3ccccc23)cc1. The molecule has 0 fully saturated rings. The Morgan fingerprint density at radius 1 is 0.447 bits per heavy atom. The summed E-state index contributed by atoms with van der Waals surface area (Å²) < 4.78 is 0. The number of benzene rings is 7. The molecule has 0 amide bonds. The van der Waals surface area contributed by atoms with Gasteiger partial charge in [-0.3, -0.25) is 0 Å². The van der Waals surface area contributed by atoms with Crippen molar-refractivity contribution in [1.82, 2.24) is 0 Å². The summed E-state index contributed by atoms with van der Waals surface area (Å²) in [5.41, 5.74) is 9.10. The minimum absolute atomic E-state index is 1.26. The maximum absolute atomic E-state index is 2.41. The van der Waals surface area contributed by atoms with Crippen LogP contribution in [0.25, 0.3) is 65.7 Å². The molecule has 0 saturated heterocycles. The highest BCUT2D eigenvalue weighted by atomic mass is 32.2. The van der Waals surface area contributed by atoms with Gasteiger partial charge in [-0.05, 0) is 79.4 Å². The quantitative estimate of drug-likeness (QED) is 0.213. The first kappa shape index (κ1) is 21.7. The van der Waals surface area contributed by atoms with E-state index in [9.17, 15) is 0 Å². The molecule has 38 heavy (non-hydrogen) atoms. The average Bonchev–Trinajstić information content (AvgIpc) is 2.96. The molecule has 178 valence electrons. The van der Waals surface area contributed by atoms with Crippen LogP contribution in [0.5, 0.6) is 0 Å². The fourth-order valence-corrected chi connectivity index (χ4v) is 7.38. The summed E-state index contributed by atoms with van der Waals surface area (Å²) in [6.07, 6.45) is 0. The lowest BCUT2D eigenvalue weighted by atomic mass is 9.85. The largest absolute Gasteiger partial charge is 0.0888 e. The van der Waals surface area contributed by atoms with Gasteiger partial charge in [-0.2, -0.15) is 0 Å². The minimum Gasteiger partial charge on any atom is -0.0888 e. The molecule has 0 atom stereocenters. The van der Waals surface area contributed by atoms with E-state index in [4.69, 9.17) is 0 Å². The number of aryl methyl sites for hydroxylation is 1. The highest BCUT2D eigenvalue weighted by Crippen LogP contribution is 2.50. The first-order valence-corrected chi connectivity index (χ1v) is 13.9. The molecular weight excluding hydrogens is 476 g/mol. The van der Waals surface area contributed by atoms with Crippen LogP contribution in [0.3, 0.4) is 0 Å². The Balaban J connectivity index is 1.42. The van der Waals surface area contributed by atoms with Crippen LogP contribution in [0.4, 0.5) is 0 Å². The van der Waals surface area contributed by atoms with Crippen molar-refractivity contribution in [1.29, 1.82) is 0 Å². The Bertz CT molecular complexity index is 1990. The van der Waals surface area contributed by atoms with Crippen LogP contribution in [0, 0.1) is 6.92 Å². The van der Waals surface area contributed by atoms with Gasteiger partial charge in [-0.1, -0.05) is 133 Å². The molecule has 7 aromatic carbocycles. The van der Waals surface area contributed by atoms with Gasteiger partial charge in [0.15, 0.2) is 0 Å². The molecule has 0 bridgehead atoms. The van der Waals surface area contributed by atoms with E-state index in [2.05, 4.69) is 134 Å². The molecule has 0 aromatic heterocycles. The van der Waals surface area contributed by atoms with Crippen molar-refractivity contribution < 1.29 is 0 Å². The van der Waals surface area contributed by atoms with E-state index in [1.54, 1.807) is 0 Å². The van der Waals surface area contributed by atoms with E-state index in [1.165, 1.54) is 81.1 Å². The predicted octanol–water partition coefficient (Wildman–Crippen LogP) is 10.9. The Morgan fingerprint density at radius 3 is 1.68 bits per heavy atom. The summed E-state index contributed by atoms with van der Waals surface area (Å²) >= 11 is 1.90. The number of rotatable bonds is 2. The minimum atomic E-state index is 1.26. The van der Waals surface area contributed by atoms with Crippen LogP contribution < -0.4 is 0 Å². The number of hydrogen-bond donors (Lipinski definition) is 0. The molecule has 8 rings (SSSR count). The molecule has 1 heteroatoms. The summed E-state index contributed by atoms with van der Waals surface area (Å²) in [5.74, 6) is 0. The smallest absolute Gasteiger partial charge is 0.0207 e. The molecule has 0 spiro atoms. The van der Waals surface area contributed by atoms with E-state index in [-0.39, 0.29) is 0 Å². The average molecular weight is 501 g/mol. The number of fused-ring (bicyclic) bond motifs is 4. The van der Waals surface area contributed by atoms with E-state index in [1.807, 2.05) is 11.8 Å². The summed E-state index contributed by atoms with van der Waals surface area (Å²) in [6, 6.07) is 47.2. The summed E-state index contributed by atoms with van der Waals surface area (Å²) in [4.78, 5) is 2.66. The highest BCUT2D eigenvalue weighted by Gasteiger charge is 2.21. The molecule has 0 unspecified atom stereocenters. The lowest BCUT2D eigenvalue weighted by Gasteiger charge is -2.22. The fourth-order valence-electron chi connectivity index (χ4n) is 6.19. The fraction of sp³-hybridized carbons (Fsp3) is 0.0270. The van der Waals surface area contributed by atoms with E-state index >= 15 is 0 Å². The maximum atomic E-state index is 2.41. The normalized spacial score (nSPS) is 12.2. The van der Waals surface area contributed by atoms with Crippen molar-refractivity contribution in [2.45, 2.75) is 16.7 Å². The Hall–Kier alpha value is -4.33. The monoisotopic (exact) mass is 500 g/mol. The van der Waals surface area contributed by atoms with Crippen molar-refractivity contribution in [3.63, 3.8) is 0 Å². The Morgan fingerprint density at radius 2 is 1.03 bits per heavy atom. The van der Waals surface area contributed by atoms with Crippen LogP contribution in [-0.4, -0.2) is 0 Å². The Labute approximate surface area is 226 Å². The summed E-state index contributed by atoms with van der Waals surface area (Å²) in [7, 11) is 0. The first-order chi connectivity index (χ1) is 18.8. The van der Waals surface area contributed by atoms with Crippen LogP contribution in [-0.2, 0) is 0 Å². The second-order valence-electron chi connectivity index (χ2n) is 10.2. The molecule has 0 nitrogen and oxygen atoms in total. The van der Waals surface area contributed by atoms with E-state index in [0.717, 1.165) is 0 Å². The zero-order valence-corrected chi connectivity index (χ0v) is 21.8. The van der Waals surface area contributed by atoms with Gasteiger partial charge in [-0.15, -0.1) is 0 Å². The molecule has 0 saturated carbocycles. The van der Waals surface area contributed by atoms with Crippen LogP contribution >= 0.6 is 11.8 Å². The topological polar surface area (TPSA) is 0 Å². The second kappa shape index (κ2) is 8.34. The van der Waals surface area contributed by atoms with E-state index < -0.39 is 0 Å². The third kappa shape index (κ3) is 3.19. The lowest BCUT2D eigenvalue weighted by molar-refractivity contribution is 1.40. The van der Waals surface area contributed by atoms with Gasteiger partial charge in [0.05, 0.1) is 0 Å². The second-order valence-corrected chi connectivity index (χ2v) is 11.3. The summed E-state index contributed by atoms with van der Waals surface area (Å²) in [6.45, 7) is 2.15. The van der Waals surface area contributed by atoms with Gasteiger partial charge in [0.1, 0.15) is 0 Å². The molecule has 1 aliphatic rings. The molecule has 0 N–H and O–H groups in total. The van der Waals surface area contributed by atoms with Crippen molar-refractivity contribution in [2.24, 2.45) is 0 Å². The first-order valence-electron chi connectivity index (χ1n) is 13.1. The van der Waals surface area contributed by atoms with Gasteiger partial charge in [0.2, 0.25) is 0 Å². The van der Waals surface area contributed by atoms with E-state index in [0.29, 0.717) is 0 Å². The molecule has 0 radical (unpaired) electrons. The van der Waals surface area contributed by atoms with Gasteiger partial charge in [0, 0.05) is 15.2 Å². The van der Waals surface area contributed by atoms with Crippen molar-refractivity contribution in [3.8, 4) is 33.4 Å². The van der Waals surface area contributed by atoms with Gasteiger partial charge >= 0.3 is 0 Å². The molecule has 0 aliphatic carbocycles. The lowest BCUT2D eigenvalue weighted by Crippen LogP contribution is -1.94. The van der Waals surface area contributed by atoms with Gasteiger partial charge in [0.25, 0.3) is 0 Å². The third-order valence-corrected chi connectivity index (χ3v) is 9.04. The number of hydrogen-bond acceptors (Lipinski definition) is 1. The molecule has 1 aliphatic heterocycles. The molecular formula is C37H24S. The van der Waals surface area contributed by atoms with Gasteiger partial charge < -0.3 is 0 Å². The molecule has 7 aromatic rings. The third-order valence-electron chi connectivity index (χ3n) is 7.92. The maximum Gasteiger partial charge on any atom is 0.0207 e. The van der Waals surface area contributed by atoms with Crippen LogP contribution in [0.1, 0.15) is 5.56 Å².